The van der Waals surface area contributed by atoms with Gasteiger partial charge in [-0.15, -0.1) is 0 Å². The highest BCUT2D eigenvalue weighted by Crippen LogP contribution is 2.44. The third-order valence-corrected chi connectivity index (χ3v) is 6.02. The van der Waals surface area contributed by atoms with Crippen molar-refractivity contribution in [3.63, 3.8) is 0 Å². The van der Waals surface area contributed by atoms with E-state index < -0.39 is 0 Å². The first kappa shape index (κ1) is 22.6. The van der Waals surface area contributed by atoms with Crippen molar-refractivity contribution in [2.24, 2.45) is 0 Å². The molecule has 4 aromatic rings. The summed E-state index contributed by atoms with van der Waals surface area (Å²) in [7, 11) is 0. The van der Waals surface area contributed by atoms with Gasteiger partial charge in [0.15, 0.2) is 0 Å². The molecule has 0 fully saturated rings. The highest BCUT2D eigenvalue weighted by molar-refractivity contribution is 5.97. The van der Waals surface area contributed by atoms with Crippen LogP contribution in [0.4, 0.5) is 0 Å². The highest BCUT2D eigenvalue weighted by atomic mass is 14.2. The van der Waals surface area contributed by atoms with Gasteiger partial charge in [-0.1, -0.05) is 83.9 Å². The zero-order chi connectivity index (χ0) is 21.4. The molecule has 0 heterocycles. The third-order valence-electron chi connectivity index (χ3n) is 6.02. The zero-order valence-corrected chi connectivity index (χ0v) is 19.5. The van der Waals surface area contributed by atoms with E-state index in [9.17, 15) is 0 Å². The van der Waals surface area contributed by atoms with Gasteiger partial charge < -0.3 is 0 Å². The van der Waals surface area contributed by atoms with Gasteiger partial charge in [0.25, 0.3) is 0 Å². The maximum absolute atomic E-state index is 2.31. The Morgan fingerprint density at radius 2 is 0.871 bits per heavy atom. The molecule has 0 aromatic heterocycles. The monoisotopic (exact) mass is 401 g/mol. The standard InChI is InChI=1S/C30H30.B/c1-19-15-21(3)28(22(4)16-19)27-14-10-13-26(25-11-8-7-9-12-25)30(27)29-23(5)17-20(2)18-24(29)6;/h7-18H,1-6H3;. The Labute approximate surface area is 189 Å². The average Bonchev–Trinajstić information content (AvgIpc) is 2.68. The van der Waals surface area contributed by atoms with Crippen LogP contribution in [0.15, 0.2) is 72.8 Å². The molecule has 4 aromatic carbocycles. The van der Waals surface area contributed by atoms with E-state index >= 15 is 0 Å². The van der Waals surface area contributed by atoms with Crippen LogP contribution in [-0.4, -0.2) is 8.41 Å². The summed E-state index contributed by atoms with van der Waals surface area (Å²) in [5.41, 5.74) is 15.9. The number of rotatable bonds is 3. The van der Waals surface area contributed by atoms with E-state index in [0.717, 1.165) is 0 Å². The Hall–Kier alpha value is -3.06. The fourth-order valence-electron chi connectivity index (χ4n) is 5.07. The van der Waals surface area contributed by atoms with Gasteiger partial charge >= 0.3 is 0 Å². The van der Waals surface area contributed by atoms with Crippen molar-refractivity contribution in [3.8, 4) is 33.4 Å². The third kappa shape index (κ3) is 4.23. The van der Waals surface area contributed by atoms with Crippen LogP contribution in [0.25, 0.3) is 33.4 Å². The molecule has 153 valence electrons. The normalized spacial score (nSPS) is 10.6. The maximum atomic E-state index is 2.31. The second-order valence-electron chi connectivity index (χ2n) is 8.64. The van der Waals surface area contributed by atoms with Crippen molar-refractivity contribution in [2.45, 2.75) is 41.5 Å². The van der Waals surface area contributed by atoms with Gasteiger partial charge in [-0.2, -0.15) is 0 Å². The van der Waals surface area contributed by atoms with E-state index in [-0.39, 0.29) is 8.41 Å². The number of hydrogen-bond acceptors (Lipinski definition) is 0. The molecule has 0 bridgehead atoms. The fraction of sp³-hybridized carbons (Fsp3) is 0.200. The lowest BCUT2D eigenvalue weighted by Gasteiger charge is -2.22. The van der Waals surface area contributed by atoms with E-state index in [2.05, 4.69) is 114 Å². The van der Waals surface area contributed by atoms with Gasteiger partial charge in [0.2, 0.25) is 0 Å². The highest BCUT2D eigenvalue weighted by Gasteiger charge is 2.19. The summed E-state index contributed by atoms with van der Waals surface area (Å²) in [5, 5.41) is 0. The second kappa shape index (κ2) is 8.98. The summed E-state index contributed by atoms with van der Waals surface area (Å²) in [6.45, 7) is 13.3. The van der Waals surface area contributed by atoms with Gasteiger partial charge in [0, 0.05) is 8.41 Å². The van der Waals surface area contributed by atoms with Gasteiger partial charge in [0.1, 0.15) is 0 Å². The van der Waals surface area contributed by atoms with Crippen LogP contribution in [0, 0.1) is 41.5 Å². The maximum Gasteiger partial charge on any atom is 0 e. The molecular weight excluding hydrogens is 371 g/mol. The fourth-order valence-corrected chi connectivity index (χ4v) is 5.07. The Bertz CT molecular complexity index is 1190. The van der Waals surface area contributed by atoms with Crippen molar-refractivity contribution >= 4 is 8.41 Å². The molecule has 0 spiro atoms. The first-order valence-electron chi connectivity index (χ1n) is 10.7. The van der Waals surface area contributed by atoms with Crippen molar-refractivity contribution in [3.05, 3.63) is 106 Å². The molecule has 0 nitrogen and oxygen atoms in total. The van der Waals surface area contributed by atoms with Crippen LogP contribution in [0.2, 0.25) is 0 Å². The van der Waals surface area contributed by atoms with Crippen LogP contribution < -0.4 is 0 Å². The van der Waals surface area contributed by atoms with Crippen LogP contribution in [0.1, 0.15) is 33.4 Å². The molecule has 0 aliphatic rings. The minimum atomic E-state index is 0. The Balaban J connectivity index is 0.00000272. The molecule has 3 radical (unpaired) electrons. The molecule has 0 unspecified atom stereocenters. The molecular formula is C30H30B. The first-order chi connectivity index (χ1) is 14.4. The van der Waals surface area contributed by atoms with Gasteiger partial charge in [0.05, 0.1) is 0 Å². The largest absolute Gasteiger partial charge is 0.0622 e. The molecule has 0 amide bonds. The predicted octanol–water partition coefficient (Wildman–Crippen LogP) is 8.16. The summed E-state index contributed by atoms with van der Waals surface area (Å²) < 4.78 is 0. The summed E-state index contributed by atoms with van der Waals surface area (Å²) in [6.07, 6.45) is 0. The molecule has 1 heteroatoms. The van der Waals surface area contributed by atoms with Gasteiger partial charge in [-0.25, -0.2) is 0 Å². The molecule has 0 N–H and O–H groups in total. The predicted molar refractivity (Wildman–Crippen MR) is 137 cm³/mol. The lowest BCUT2D eigenvalue weighted by atomic mass is 9.81. The van der Waals surface area contributed by atoms with Crippen LogP contribution in [0.5, 0.6) is 0 Å². The molecule has 0 aliphatic heterocycles. The Morgan fingerprint density at radius 3 is 1.39 bits per heavy atom. The average molecular weight is 401 g/mol. The zero-order valence-electron chi connectivity index (χ0n) is 19.5. The number of aryl methyl sites for hydroxylation is 6. The molecule has 0 saturated carbocycles. The topological polar surface area (TPSA) is 0 Å². The van der Waals surface area contributed by atoms with Crippen LogP contribution in [0.3, 0.4) is 0 Å². The van der Waals surface area contributed by atoms with Gasteiger partial charge in [-0.05, 0) is 97.2 Å². The lowest BCUT2D eigenvalue weighted by Crippen LogP contribution is -1.98. The minimum absolute atomic E-state index is 0. The Morgan fingerprint density at radius 1 is 0.419 bits per heavy atom. The quantitative estimate of drug-likeness (QED) is 0.304. The Kier molecular flexibility index (Phi) is 6.55. The van der Waals surface area contributed by atoms with Crippen LogP contribution in [-0.2, 0) is 0 Å². The first-order valence-corrected chi connectivity index (χ1v) is 10.7. The van der Waals surface area contributed by atoms with Crippen LogP contribution >= 0.6 is 0 Å². The van der Waals surface area contributed by atoms with E-state index in [0.29, 0.717) is 0 Å². The molecule has 0 atom stereocenters. The van der Waals surface area contributed by atoms with E-state index in [1.807, 2.05) is 0 Å². The number of hydrogen-bond donors (Lipinski definition) is 0. The van der Waals surface area contributed by atoms with Crippen molar-refractivity contribution < 1.29 is 0 Å². The molecule has 0 saturated heterocycles. The number of benzene rings is 4. The van der Waals surface area contributed by atoms with Crippen molar-refractivity contribution in [1.29, 1.82) is 0 Å². The summed E-state index contributed by atoms with van der Waals surface area (Å²) in [6, 6.07) is 26.8. The summed E-state index contributed by atoms with van der Waals surface area (Å²) >= 11 is 0. The van der Waals surface area contributed by atoms with Crippen molar-refractivity contribution in [2.75, 3.05) is 0 Å². The lowest BCUT2D eigenvalue weighted by molar-refractivity contribution is 1.30. The second-order valence-corrected chi connectivity index (χ2v) is 8.64. The molecule has 4 rings (SSSR count). The SMILES string of the molecule is Cc1cc(C)c(-c2cccc(-c3ccccc3)c2-c2c(C)cc(C)cc2C)c(C)c1.[B]. The summed E-state index contributed by atoms with van der Waals surface area (Å²) in [4.78, 5) is 0. The van der Waals surface area contributed by atoms with E-state index in [4.69, 9.17) is 0 Å². The van der Waals surface area contributed by atoms with Crippen molar-refractivity contribution in [1.82, 2.24) is 0 Å². The van der Waals surface area contributed by atoms with E-state index in [1.165, 1.54) is 66.8 Å². The minimum Gasteiger partial charge on any atom is -0.0622 e. The van der Waals surface area contributed by atoms with Gasteiger partial charge in [-0.3, -0.25) is 0 Å². The van der Waals surface area contributed by atoms with E-state index in [1.54, 1.807) is 0 Å². The molecule has 0 aliphatic carbocycles. The molecule has 31 heavy (non-hydrogen) atoms. The summed E-state index contributed by atoms with van der Waals surface area (Å²) in [5.74, 6) is 0. The smallest absolute Gasteiger partial charge is 0 e.